The number of amides is 1. The van der Waals surface area contributed by atoms with Crippen LogP contribution < -0.4 is 15.2 Å². The van der Waals surface area contributed by atoms with Crippen LogP contribution in [-0.4, -0.2) is 36.0 Å². The Morgan fingerprint density at radius 1 is 1.03 bits per heavy atom. The Labute approximate surface area is 223 Å². The summed E-state index contributed by atoms with van der Waals surface area (Å²) in [6.07, 6.45) is -1.77. The maximum absolute atomic E-state index is 14.0. The highest BCUT2D eigenvalue weighted by Crippen LogP contribution is 2.38. The van der Waals surface area contributed by atoms with Gasteiger partial charge in [-0.1, -0.05) is 26.8 Å². The number of fused-ring (bicyclic) bond motifs is 1. The number of Topliss-reactive ketones (excluding diaryl/α,β-unsaturated/α-hetero) is 1. The summed E-state index contributed by atoms with van der Waals surface area (Å²) in [6.45, 7) is 6.40. The zero-order valence-corrected chi connectivity index (χ0v) is 22.0. The lowest BCUT2D eigenvalue weighted by atomic mass is 9.89. The molecule has 1 amide bonds. The summed E-state index contributed by atoms with van der Waals surface area (Å²) in [5.74, 6) is -0.790. The smallest absolute Gasteiger partial charge is 0.416 e. The molecule has 2 N–H and O–H groups in total. The zero-order chi connectivity index (χ0) is 28.5. The number of allylic oxidation sites excluding steroid dienone is 1. The summed E-state index contributed by atoms with van der Waals surface area (Å²) in [5.41, 5.74) is 6.30. The topological polar surface area (TPSA) is 104 Å². The highest BCUT2D eigenvalue weighted by atomic mass is 19.4. The van der Waals surface area contributed by atoms with E-state index in [2.05, 4.69) is 9.98 Å². The number of nitrogens with zero attached hydrogens (tertiary/aromatic N) is 2. The maximum atomic E-state index is 14.0. The second-order valence-electron chi connectivity index (χ2n) is 10.3. The van der Waals surface area contributed by atoms with E-state index in [1.165, 1.54) is 43.6 Å². The van der Waals surface area contributed by atoms with E-state index in [0.717, 1.165) is 17.4 Å². The van der Waals surface area contributed by atoms with Crippen molar-refractivity contribution in [3.63, 3.8) is 0 Å². The number of hydrogen-bond acceptors (Lipinski definition) is 6. The summed E-state index contributed by atoms with van der Waals surface area (Å²) < 4.78 is 53.0. The van der Waals surface area contributed by atoms with Gasteiger partial charge in [0.2, 0.25) is 0 Å². The molecule has 2 aromatic carbocycles. The summed E-state index contributed by atoms with van der Waals surface area (Å²) in [4.78, 5) is 33.2. The second-order valence-corrected chi connectivity index (χ2v) is 10.3. The van der Waals surface area contributed by atoms with Crippen molar-refractivity contribution in [3.8, 4) is 17.2 Å². The number of primary amides is 1. The van der Waals surface area contributed by atoms with Gasteiger partial charge in [-0.3, -0.25) is 19.6 Å². The van der Waals surface area contributed by atoms with Crippen LogP contribution >= 0.6 is 0 Å². The third kappa shape index (κ3) is 6.27. The second kappa shape index (κ2) is 10.5. The SMILES string of the molecule is COc1cc2nccc(Oc3ccc(CC(=O)CC4=CC(C(C)(C)C)=NC4)c(C(F)(F)F)c3)c2cc1C(N)=O. The van der Waals surface area contributed by atoms with Crippen molar-refractivity contribution in [1.82, 2.24) is 4.98 Å². The first-order chi connectivity index (χ1) is 18.3. The molecule has 10 heteroatoms. The van der Waals surface area contributed by atoms with Gasteiger partial charge in [-0.2, -0.15) is 13.2 Å². The minimum atomic E-state index is -4.71. The van der Waals surface area contributed by atoms with Gasteiger partial charge >= 0.3 is 6.18 Å². The number of ether oxygens (including phenoxy) is 2. The van der Waals surface area contributed by atoms with E-state index in [1.54, 1.807) is 0 Å². The lowest BCUT2D eigenvalue weighted by molar-refractivity contribution is -0.138. The fourth-order valence-corrected chi connectivity index (χ4v) is 4.32. The molecule has 0 saturated heterocycles. The van der Waals surface area contributed by atoms with Crippen molar-refractivity contribution in [2.75, 3.05) is 13.7 Å². The predicted octanol–water partition coefficient (Wildman–Crippen LogP) is 6.08. The van der Waals surface area contributed by atoms with Crippen LogP contribution in [0.15, 0.2) is 59.2 Å². The number of aromatic nitrogens is 1. The van der Waals surface area contributed by atoms with E-state index >= 15 is 0 Å². The molecule has 0 atom stereocenters. The van der Waals surface area contributed by atoms with Gasteiger partial charge in [0.25, 0.3) is 5.91 Å². The fourth-order valence-electron chi connectivity index (χ4n) is 4.32. The van der Waals surface area contributed by atoms with Crippen LogP contribution in [0.5, 0.6) is 17.2 Å². The summed E-state index contributed by atoms with van der Waals surface area (Å²) in [5, 5.41) is 0.363. The van der Waals surface area contributed by atoms with E-state index in [0.29, 0.717) is 17.4 Å². The van der Waals surface area contributed by atoms with E-state index in [1.807, 2.05) is 26.8 Å². The molecule has 0 saturated carbocycles. The van der Waals surface area contributed by atoms with Gasteiger partial charge in [0.1, 0.15) is 23.0 Å². The van der Waals surface area contributed by atoms with Gasteiger partial charge in [-0.05, 0) is 41.5 Å². The number of alkyl halides is 3. The minimum absolute atomic E-state index is 0.0350. The predicted molar refractivity (Wildman–Crippen MR) is 141 cm³/mol. The Kier molecular flexibility index (Phi) is 7.50. The molecule has 2 heterocycles. The Morgan fingerprint density at radius 3 is 2.38 bits per heavy atom. The molecule has 4 rings (SSSR count). The molecule has 0 spiro atoms. The van der Waals surface area contributed by atoms with Crippen LogP contribution in [0, 0.1) is 5.41 Å². The van der Waals surface area contributed by atoms with Crippen LogP contribution in [0.3, 0.4) is 0 Å². The number of nitrogens with two attached hydrogens (primary N) is 1. The molecule has 0 aliphatic carbocycles. The lowest BCUT2D eigenvalue weighted by Crippen LogP contribution is -2.16. The van der Waals surface area contributed by atoms with Crippen molar-refractivity contribution in [2.24, 2.45) is 16.1 Å². The average Bonchev–Trinajstić information content (AvgIpc) is 3.32. The number of carbonyl (C=O) groups excluding carboxylic acids is 2. The van der Waals surface area contributed by atoms with Crippen molar-refractivity contribution >= 4 is 28.3 Å². The number of hydrogen-bond donors (Lipinski definition) is 1. The molecule has 0 unspecified atom stereocenters. The first-order valence-electron chi connectivity index (χ1n) is 12.2. The first-order valence-corrected chi connectivity index (χ1v) is 12.2. The van der Waals surface area contributed by atoms with Crippen molar-refractivity contribution in [3.05, 3.63) is 70.9 Å². The van der Waals surface area contributed by atoms with E-state index in [4.69, 9.17) is 15.2 Å². The van der Waals surface area contributed by atoms with Crippen LogP contribution in [0.2, 0.25) is 0 Å². The quantitative estimate of drug-likeness (QED) is 0.374. The largest absolute Gasteiger partial charge is 0.496 e. The summed E-state index contributed by atoms with van der Waals surface area (Å²) in [6, 6.07) is 7.86. The number of ketones is 1. The van der Waals surface area contributed by atoms with Gasteiger partial charge in [0.05, 0.1) is 30.3 Å². The standard InChI is InChI=1S/C29H28F3N3O4/c1-28(2,3)26-10-16(15-35-26)9-18(36)11-17-5-6-19(12-22(17)29(30,31)32)39-24-7-8-34-23-14-25(38-4)21(27(33)37)13-20(23)24/h5-8,10,12-14H,9,11,15H2,1-4H3,(H2,33,37). The molecule has 204 valence electrons. The van der Waals surface area contributed by atoms with Crippen molar-refractivity contribution < 1.29 is 32.2 Å². The lowest BCUT2D eigenvalue weighted by Gasteiger charge is -2.16. The fraction of sp³-hybridized carbons (Fsp3) is 0.310. The van der Waals surface area contributed by atoms with Crippen LogP contribution in [0.25, 0.3) is 10.9 Å². The third-order valence-electron chi connectivity index (χ3n) is 6.28. The normalized spacial score (nSPS) is 13.7. The third-order valence-corrected chi connectivity index (χ3v) is 6.28. The van der Waals surface area contributed by atoms with Gasteiger partial charge in [-0.25, -0.2) is 0 Å². The maximum Gasteiger partial charge on any atom is 0.416 e. The van der Waals surface area contributed by atoms with Crippen molar-refractivity contribution in [1.29, 1.82) is 0 Å². The first kappa shape index (κ1) is 27.8. The van der Waals surface area contributed by atoms with Gasteiger partial charge in [0, 0.05) is 41.6 Å². The molecule has 0 bridgehead atoms. The van der Waals surface area contributed by atoms with Gasteiger partial charge < -0.3 is 15.2 Å². The van der Waals surface area contributed by atoms with Crippen LogP contribution in [0.1, 0.15) is 48.7 Å². The zero-order valence-electron chi connectivity index (χ0n) is 22.0. The number of halogens is 3. The summed E-state index contributed by atoms with van der Waals surface area (Å²) in [7, 11) is 1.38. The molecule has 0 fully saturated rings. The Morgan fingerprint density at radius 2 is 1.77 bits per heavy atom. The number of pyridine rings is 1. The molecule has 1 aliphatic rings. The molecule has 1 aromatic heterocycles. The summed E-state index contributed by atoms with van der Waals surface area (Å²) >= 11 is 0. The molecule has 7 nitrogen and oxygen atoms in total. The van der Waals surface area contributed by atoms with Gasteiger partial charge in [-0.15, -0.1) is 0 Å². The van der Waals surface area contributed by atoms with Crippen LogP contribution in [-0.2, 0) is 17.4 Å². The molecule has 39 heavy (non-hydrogen) atoms. The minimum Gasteiger partial charge on any atom is -0.496 e. The Bertz CT molecular complexity index is 1520. The Hall–Kier alpha value is -4.21. The van der Waals surface area contributed by atoms with Gasteiger partial charge in [0.15, 0.2) is 0 Å². The Balaban J connectivity index is 1.60. The number of methoxy groups -OCH3 is 1. The molecular weight excluding hydrogens is 511 g/mol. The number of benzene rings is 2. The number of rotatable bonds is 8. The van der Waals surface area contributed by atoms with E-state index in [-0.39, 0.29) is 52.4 Å². The number of carbonyl (C=O) groups is 2. The van der Waals surface area contributed by atoms with Crippen LogP contribution in [0.4, 0.5) is 13.2 Å². The van der Waals surface area contributed by atoms with Crippen molar-refractivity contribution in [2.45, 2.75) is 39.8 Å². The molecule has 1 aliphatic heterocycles. The molecule has 0 radical (unpaired) electrons. The number of aliphatic imine (C=N–C) groups is 1. The van der Waals surface area contributed by atoms with E-state index < -0.39 is 17.6 Å². The molecular formula is C29H28F3N3O4. The van der Waals surface area contributed by atoms with E-state index in [9.17, 15) is 22.8 Å². The molecule has 3 aromatic rings. The highest BCUT2D eigenvalue weighted by Gasteiger charge is 2.34. The average molecular weight is 540 g/mol. The highest BCUT2D eigenvalue weighted by molar-refractivity contribution is 6.02. The monoisotopic (exact) mass is 539 g/mol.